The van der Waals surface area contributed by atoms with Crippen LogP contribution in [-0.4, -0.2) is 33.3 Å². The first-order valence-electron chi connectivity index (χ1n) is 8.84. The number of hydrogen-bond donors (Lipinski definition) is 2. The van der Waals surface area contributed by atoms with E-state index >= 15 is 0 Å². The number of benzene rings is 2. The van der Waals surface area contributed by atoms with Crippen LogP contribution in [0.5, 0.6) is 17.2 Å². The van der Waals surface area contributed by atoms with Crippen LogP contribution >= 0.6 is 0 Å². The SMILES string of the molecule is CCOc1ccccc1CNC(=NC)NCc1ccc(OC)cc1OC(F)F. The fraction of sp³-hybridized carbons (Fsp3) is 0.350. The van der Waals surface area contributed by atoms with Gasteiger partial charge < -0.3 is 24.8 Å². The topological polar surface area (TPSA) is 64.1 Å². The van der Waals surface area contributed by atoms with E-state index < -0.39 is 6.61 Å². The van der Waals surface area contributed by atoms with E-state index in [1.165, 1.54) is 13.2 Å². The summed E-state index contributed by atoms with van der Waals surface area (Å²) in [4.78, 5) is 4.16. The zero-order valence-electron chi connectivity index (χ0n) is 16.2. The standard InChI is InChI=1S/C20H25F2N3O3/c1-4-27-17-8-6-5-7-14(17)12-24-20(23-2)25-13-15-9-10-16(26-3)11-18(15)28-19(21)22/h5-11,19H,4,12-13H2,1-3H3,(H2,23,24,25). The number of hydrogen-bond acceptors (Lipinski definition) is 4. The van der Waals surface area contributed by atoms with Crippen LogP contribution in [0, 0.1) is 0 Å². The van der Waals surface area contributed by atoms with E-state index in [0.29, 0.717) is 30.4 Å². The molecule has 0 aliphatic rings. The minimum absolute atomic E-state index is 0.0546. The molecule has 152 valence electrons. The summed E-state index contributed by atoms with van der Waals surface area (Å²) in [6.45, 7) is 0.336. The lowest BCUT2D eigenvalue weighted by Gasteiger charge is -2.16. The Hall–Kier alpha value is -3.03. The number of alkyl halides is 2. The van der Waals surface area contributed by atoms with Crippen molar-refractivity contribution in [2.45, 2.75) is 26.6 Å². The van der Waals surface area contributed by atoms with Crippen molar-refractivity contribution >= 4 is 5.96 Å². The Labute approximate surface area is 163 Å². The summed E-state index contributed by atoms with van der Waals surface area (Å²) < 4.78 is 40.6. The van der Waals surface area contributed by atoms with Gasteiger partial charge in [-0.05, 0) is 25.1 Å². The number of nitrogens with one attached hydrogen (secondary N) is 2. The minimum Gasteiger partial charge on any atom is -0.497 e. The number of aliphatic imine (C=N–C) groups is 1. The highest BCUT2D eigenvalue weighted by molar-refractivity contribution is 5.79. The van der Waals surface area contributed by atoms with E-state index in [0.717, 1.165) is 11.3 Å². The number of halogens is 2. The molecule has 0 amide bonds. The third-order valence-corrected chi connectivity index (χ3v) is 3.88. The second kappa shape index (κ2) is 11.0. The van der Waals surface area contributed by atoms with Gasteiger partial charge in [-0.3, -0.25) is 4.99 Å². The zero-order valence-corrected chi connectivity index (χ0v) is 16.2. The molecule has 0 aromatic heterocycles. The van der Waals surface area contributed by atoms with Crippen LogP contribution in [0.2, 0.25) is 0 Å². The Kier molecular flexibility index (Phi) is 8.33. The summed E-state index contributed by atoms with van der Waals surface area (Å²) in [7, 11) is 3.10. The summed E-state index contributed by atoms with van der Waals surface area (Å²) in [5.74, 6) is 1.81. The summed E-state index contributed by atoms with van der Waals surface area (Å²) in [6.07, 6.45) is 0. The molecule has 0 fully saturated rings. The van der Waals surface area contributed by atoms with Crippen molar-refractivity contribution in [3.05, 3.63) is 53.6 Å². The molecule has 0 atom stereocenters. The van der Waals surface area contributed by atoms with Crippen LogP contribution < -0.4 is 24.8 Å². The Morgan fingerprint density at radius 2 is 1.71 bits per heavy atom. The smallest absolute Gasteiger partial charge is 0.387 e. The van der Waals surface area contributed by atoms with Gasteiger partial charge >= 0.3 is 6.61 Å². The second-order valence-corrected chi connectivity index (χ2v) is 5.67. The molecule has 0 saturated heterocycles. The van der Waals surface area contributed by atoms with Crippen LogP contribution in [0.3, 0.4) is 0 Å². The molecule has 0 heterocycles. The van der Waals surface area contributed by atoms with Crippen LogP contribution in [0.4, 0.5) is 8.78 Å². The monoisotopic (exact) mass is 393 g/mol. The largest absolute Gasteiger partial charge is 0.497 e. The van der Waals surface area contributed by atoms with Crippen molar-refractivity contribution in [2.24, 2.45) is 4.99 Å². The number of nitrogens with zero attached hydrogens (tertiary/aromatic N) is 1. The van der Waals surface area contributed by atoms with Gasteiger partial charge in [0.25, 0.3) is 0 Å². The van der Waals surface area contributed by atoms with Crippen molar-refractivity contribution in [3.63, 3.8) is 0 Å². The molecule has 0 unspecified atom stereocenters. The van der Waals surface area contributed by atoms with Gasteiger partial charge in [-0.15, -0.1) is 0 Å². The first-order chi connectivity index (χ1) is 13.6. The van der Waals surface area contributed by atoms with Gasteiger partial charge in [0.05, 0.1) is 13.7 Å². The fourth-order valence-corrected chi connectivity index (χ4v) is 2.54. The molecular formula is C20H25F2N3O3. The zero-order chi connectivity index (χ0) is 20.4. The first kappa shape index (κ1) is 21.3. The van der Waals surface area contributed by atoms with Crippen LogP contribution in [0.1, 0.15) is 18.1 Å². The van der Waals surface area contributed by atoms with Crippen molar-refractivity contribution in [2.75, 3.05) is 20.8 Å². The predicted octanol–water partition coefficient (Wildman–Crippen LogP) is 3.56. The van der Waals surface area contributed by atoms with Gasteiger partial charge in [-0.2, -0.15) is 8.78 Å². The van der Waals surface area contributed by atoms with Gasteiger partial charge in [-0.1, -0.05) is 18.2 Å². The molecule has 6 nitrogen and oxygen atoms in total. The maximum atomic E-state index is 12.7. The highest BCUT2D eigenvalue weighted by Crippen LogP contribution is 2.26. The summed E-state index contributed by atoms with van der Waals surface area (Å²) in [5.41, 5.74) is 1.54. The van der Waals surface area contributed by atoms with Crippen LogP contribution in [0.15, 0.2) is 47.5 Å². The Balaban J connectivity index is 2.01. The quantitative estimate of drug-likeness (QED) is 0.504. The van der Waals surface area contributed by atoms with Gasteiger partial charge in [0.1, 0.15) is 17.2 Å². The third-order valence-electron chi connectivity index (χ3n) is 3.88. The van der Waals surface area contributed by atoms with E-state index in [1.54, 1.807) is 19.2 Å². The minimum atomic E-state index is -2.92. The average molecular weight is 393 g/mol. The summed E-state index contributed by atoms with van der Waals surface area (Å²) >= 11 is 0. The Bertz CT molecular complexity index is 785. The first-order valence-corrected chi connectivity index (χ1v) is 8.84. The Morgan fingerprint density at radius 1 is 1.04 bits per heavy atom. The molecule has 0 saturated carbocycles. The summed E-state index contributed by atoms with van der Waals surface area (Å²) in [5, 5.41) is 6.27. The lowest BCUT2D eigenvalue weighted by molar-refractivity contribution is -0.0505. The van der Waals surface area contributed by atoms with Crippen molar-refractivity contribution < 1.29 is 23.0 Å². The van der Waals surface area contributed by atoms with E-state index in [4.69, 9.17) is 9.47 Å². The molecule has 0 aliphatic heterocycles. The maximum Gasteiger partial charge on any atom is 0.387 e. The predicted molar refractivity (Wildman–Crippen MR) is 104 cm³/mol. The number of guanidine groups is 1. The molecule has 2 N–H and O–H groups in total. The molecule has 0 spiro atoms. The lowest BCUT2D eigenvalue weighted by Crippen LogP contribution is -2.36. The molecule has 0 bridgehead atoms. The second-order valence-electron chi connectivity index (χ2n) is 5.67. The molecule has 2 rings (SSSR count). The maximum absolute atomic E-state index is 12.7. The highest BCUT2D eigenvalue weighted by atomic mass is 19.3. The van der Waals surface area contributed by atoms with Crippen LogP contribution in [0.25, 0.3) is 0 Å². The van der Waals surface area contributed by atoms with E-state index in [1.807, 2.05) is 31.2 Å². The van der Waals surface area contributed by atoms with Gasteiger partial charge in [-0.25, -0.2) is 0 Å². The number of methoxy groups -OCH3 is 1. The number of ether oxygens (including phenoxy) is 3. The third kappa shape index (κ3) is 6.29. The van der Waals surface area contributed by atoms with E-state index in [-0.39, 0.29) is 12.3 Å². The molecule has 8 heteroatoms. The average Bonchev–Trinajstić information content (AvgIpc) is 2.69. The molecular weight excluding hydrogens is 368 g/mol. The molecule has 0 radical (unpaired) electrons. The van der Waals surface area contributed by atoms with E-state index in [2.05, 4.69) is 20.4 Å². The van der Waals surface area contributed by atoms with Gasteiger partial charge in [0.2, 0.25) is 0 Å². The molecule has 28 heavy (non-hydrogen) atoms. The summed E-state index contributed by atoms with van der Waals surface area (Å²) in [6, 6.07) is 12.5. The molecule has 0 aliphatic carbocycles. The normalized spacial score (nSPS) is 11.3. The lowest BCUT2D eigenvalue weighted by atomic mass is 10.2. The highest BCUT2D eigenvalue weighted by Gasteiger charge is 2.12. The Morgan fingerprint density at radius 3 is 2.32 bits per heavy atom. The number of para-hydroxylation sites is 1. The van der Waals surface area contributed by atoms with Crippen molar-refractivity contribution in [3.8, 4) is 17.2 Å². The van der Waals surface area contributed by atoms with Gasteiger partial charge in [0.15, 0.2) is 5.96 Å². The van der Waals surface area contributed by atoms with Gasteiger partial charge in [0, 0.05) is 37.3 Å². The van der Waals surface area contributed by atoms with Crippen molar-refractivity contribution in [1.82, 2.24) is 10.6 Å². The molecule has 2 aromatic rings. The van der Waals surface area contributed by atoms with Crippen molar-refractivity contribution in [1.29, 1.82) is 0 Å². The molecule has 2 aromatic carbocycles. The van der Waals surface area contributed by atoms with E-state index in [9.17, 15) is 8.78 Å². The number of rotatable bonds is 9. The fourth-order valence-electron chi connectivity index (χ4n) is 2.54. The van der Waals surface area contributed by atoms with Crippen LogP contribution in [-0.2, 0) is 13.1 Å².